The highest BCUT2D eigenvalue weighted by atomic mass is 35.5. The molecule has 4 nitrogen and oxygen atoms in total. The second-order valence-electron chi connectivity index (χ2n) is 3.81. The van der Waals surface area contributed by atoms with Crippen LogP contribution in [0, 0.1) is 0 Å². The summed E-state index contributed by atoms with van der Waals surface area (Å²) in [5.74, 6) is 0.791. The topological polar surface area (TPSA) is 38.2 Å². The molecule has 0 aliphatic carbocycles. The lowest BCUT2D eigenvalue weighted by Crippen LogP contribution is -2.37. The molecule has 0 N–H and O–H groups in total. The average Bonchev–Trinajstić information content (AvgIpc) is 2.31. The molecule has 1 aliphatic heterocycles. The van der Waals surface area contributed by atoms with Crippen molar-refractivity contribution < 1.29 is 4.74 Å². The van der Waals surface area contributed by atoms with Crippen LogP contribution in [0.4, 0.5) is 5.82 Å². The molecule has 0 amide bonds. The number of hydrogen-bond acceptors (Lipinski definition) is 4. The van der Waals surface area contributed by atoms with E-state index in [4.69, 9.17) is 16.3 Å². The molecule has 1 aromatic rings. The lowest BCUT2D eigenvalue weighted by Gasteiger charge is -2.32. The number of nitrogens with zero attached hydrogens (tertiary/aromatic N) is 3. The van der Waals surface area contributed by atoms with Crippen LogP contribution in [0.25, 0.3) is 0 Å². The Morgan fingerprint density at radius 3 is 2.69 bits per heavy atom. The van der Waals surface area contributed by atoms with Crippen LogP contribution in [0.2, 0.25) is 5.15 Å². The van der Waals surface area contributed by atoms with E-state index in [9.17, 15) is 0 Å². The van der Waals surface area contributed by atoms with Gasteiger partial charge in [-0.1, -0.05) is 11.6 Å². The van der Waals surface area contributed by atoms with E-state index in [-0.39, 0.29) is 0 Å². The third-order valence-corrected chi connectivity index (χ3v) is 3.05. The molecule has 1 aliphatic rings. The summed E-state index contributed by atoms with van der Waals surface area (Å²) in [7, 11) is 0. The van der Waals surface area contributed by atoms with Crippen LogP contribution >= 0.6 is 11.6 Å². The molecule has 1 saturated heterocycles. The molecule has 16 heavy (non-hydrogen) atoms. The quantitative estimate of drug-likeness (QED) is 0.813. The Morgan fingerprint density at radius 2 is 2.06 bits per heavy atom. The third kappa shape index (κ3) is 2.62. The molecule has 0 atom stereocenters. The van der Waals surface area contributed by atoms with Crippen molar-refractivity contribution in [2.45, 2.75) is 25.9 Å². The lowest BCUT2D eigenvalue weighted by atomic mass is 10.1. The van der Waals surface area contributed by atoms with E-state index >= 15 is 0 Å². The summed E-state index contributed by atoms with van der Waals surface area (Å²) < 4.78 is 5.60. The second kappa shape index (κ2) is 5.46. The van der Waals surface area contributed by atoms with Crippen molar-refractivity contribution in [2.24, 2.45) is 0 Å². The van der Waals surface area contributed by atoms with Gasteiger partial charge in [-0.3, -0.25) is 0 Å². The van der Waals surface area contributed by atoms with Gasteiger partial charge >= 0.3 is 0 Å². The third-order valence-electron chi connectivity index (χ3n) is 2.78. The predicted octanol–water partition coefficient (Wildman–Crippen LogP) is 2.14. The summed E-state index contributed by atoms with van der Waals surface area (Å²) in [6, 6.07) is 0. The van der Waals surface area contributed by atoms with E-state index in [0.29, 0.717) is 11.3 Å². The molecular weight excluding hydrogens is 226 g/mol. The normalized spacial score (nSPS) is 17.8. The molecule has 5 heteroatoms. The van der Waals surface area contributed by atoms with Gasteiger partial charge in [-0.15, -0.1) is 0 Å². The Balaban J connectivity index is 1.96. The maximum atomic E-state index is 6.01. The van der Waals surface area contributed by atoms with Gasteiger partial charge in [0.2, 0.25) is 0 Å². The molecule has 0 unspecified atom stereocenters. The minimum Gasteiger partial charge on any atom is -0.378 e. The molecule has 0 aromatic carbocycles. The monoisotopic (exact) mass is 241 g/mol. The van der Waals surface area contributed by atoms with Crippen LogP contribution in [-0.2, 0) is 4.74 Å². The Morgan fingerprint density at radius 1 is 1.38 bits per heavy atom. The molecule has 0 radical (unpaired) electrons. The first kappa shape index (κ1) is 11.6. The zero-order chi connectivity index (χ0) is 11.4. The Labute approximate surface area is 101 Å². The zero-order valence-corrected chi connectivity index (χ0v) is 10.2. The maximum Gasteiger partial charge on any atom is 0.171 e. The molecule has 1 aromatic heterocycles. The van der Waals surface area contributed by atoms with E-state index in [1.807, 2.05) is 6.92 Å². The van der Waals surface area contributed by atoms with Crippen LogP contribution in [0.3, 0.4) is 0 Å². The Hall–Kier alpha value is -0.870. The summed E-state index contributed by atoms with van der Waals surface area (Å²) in [5, 5.41) is 0.484. The van der Waals surface area contributed by atoms with Crippen LogP contribution in [-0.4, -0.2) is 35.8 Å². The van der Waals surface area contributed by atoms with Crippen LogP contribution in [0.15, 0.2) is 12.4 Å². The fourth-order valence-electron chi connectivity index (χ4n) is 2.00. The van der Waals surface area contributed by atoms with E-state index < -0.39 is 0 Å². The number of hydrogen-bond donors (Lipinski definition) is 0. The number of anilines is 1. The van der Waals surface area contributed by atoms with Gasteiger partial charge < -0.3 is 9.64 Å². The first-order valence-corrected chi connectivity index (χ1v) is 6.02. The van der Waals surface area contributed by atoms with Crippen molar-refractivity contribution in [3.05, 3.63) is 17.5 Å². The minimum atomic E-state index is 0.386. The first-order valence-electron chi connectivity index (χ1n) is 5.64. The van der Waals surface area contributed by atoms with Crippen LogP contribution in [0.5, 0.6) is 0 Å². The van der Waals surface area contributed by atoms with Crippen molar-refractivity contribution in [3.63, 3.8) is 0 Å². The van der Waals surface area contributed by atoms with Crippen LogP contribution < -0.4 is 4.90 Å². The zero-order valence-electron chi connectivity index (χ0n) is 9.40. The highest BCUT2D eigenvalue weighted by Crippen LogP contribution is 2.24. The van der Waals surface area contributed by atoms with Crippen molar-refractivity contribution in [1.29, 1.82) is 0 Å². The molecule has 88 valence electrons. The van der Waals surface area contributed by atoms with Gasteiger partial charge in [-0.25, -0.2) is 9.97 Å². The molecule has 0 spiro atoms. The molecule has 0 saturated carbocycles. The number of aromatic nitrogens is 2. The number of rotatable bonds is 3. The molecule has 2 heterocycles. The van der Waals surface area contributed by atoms with E-state index in [2.05, 4.69) is 14.9 Å². The van der Waals surface area contributed by atoms with E-state index in [0.717, 1.165) is 38.4 Å². The average molecular weight is 242 g/mol. The summed E-state index contributed by atoms with van der Waals surface area (Å²) in [6.45, 7) is 4.69. The van der Waals surface area contributed by atoms with Gasteiger partial charge in [0.05, 0.1) is 6.10 Å². The van der Waals surface area contributed by atoms with Gasteiger partial charge in [0.1, 0.15) is 0 Å². The lowest BCUT2D eigenvalue weighted by molar-refractivity contribution is 0.0458. The fourth-order valence-corrected chi connectivity index (χ4v) is 2.22. The number of piperidine rings is 1. The van der Waals surface area contributed by atoms with Crippen molar-refractivity contribution >= 4 is 17.4 Å². The van der Waals surface area contributed by atoms with E-state index in [1.54, 1.807) is 12.4 Å². The number of halogens is 1. The molecule has 1 fully saturated rings. The second-order valence-corrected chi connectivity index (χ2v) is 4.17. The predicted molar refractivity (Wildman–Crippen MR) is 63.9 cm³/mol. The number of ether oxygens (including phenoxy) is 1. The molecule has 0 bridgehead atoms. The van der Waals surface area contributed by atoms with Gasteiger partial charge in [-0.2, -0.15) is 0 Å². The highest BCUT2D eigenvalue weighted by Gasteiger charge is 2.21. The standard InChI is InChI=1S/C11H16ClN3O/c1-2-16-9-3-7-15(8-4-9)11-10(12)13-5-6-14-11/h5-6,9H,2-4,7-8H2,1H3. The highest BCUT2D eigenvalue weighted by molar-refractivity contribution is 6.31. The van der Waals surface area contributed by atoms with Crippen LogP contribution in [0.1, 0.15) is 19.8 Å². The van der Waals surface area contributed by atoms with Gasteiger partial charge in [0, 0.05) is 32.1 Å². The SMILES string of the molecule is CCOC1CCN(c2nccnc2Cl)CC1. The summed E-state index contributed by atoms with van der Waals surface area (Å²) in [4.78, 5) is 10.5. The van der Waals surface area contributed by atoms with Gasteiger partial charge in [-0.05, 0) is 19.8 Å². The first-order chi connectivity index (χ1) is 7.81. The van der Waals surface area contributed by atoms with Crippen molar-refractivity contribution in [2.75, 3.05) is 24.6 Å². The summed E-state index contributed by atoms with van der Waals surface area (Å²) in [5.41, 5.74) is 0. The van der Waals surface area contributed by atoms with Crippen molar-refractivity contribution in [1.82, 2.24) is 9.97 Å². The Bertz CT molecular complexity index is 340. The van der Waals surface area contributed by atoms with Crippen molar-refractivity contribution in [3.8, 4) is 0 Å². The maximum absolute atomic E-state index is 6.01. The largest absolute Gasteiger partial charge is 0.378 e. The van der Waals surface area contributed by atoms with Gasteiger partial charge in [0.15, 0.2) is 11.0 Å². The fraction of sp³-hybridized carbons (Fsp3) is 0.636. The van der Waals surface area contributed by atoms with Gasteiger partial charge in [0.25, 0.3) is 0 Å². The van der Waals surface area contributed by atoms with E-state index in [1.165, 1.54) is 0 Å². The molecular formula is C11H16ClN3O. The Kier molecular flexibility index (Phi) is 3.96. The smallest absolute Gasteiger partial charge is 0.171 e. The minimum absolute atomic E-state index is 0.386. The summed E-state index contributed by atoms with van der Waals surface area (Å²) >= 11 is 6.01. The molecule has 2 rings (SSSR count). The summed E-state index contributed by atoms with van der Waals surface area (Å²) in [6.07, 6.45) is 5.73.